The van der Waals surface area contributed by atoms with Crippen LogP contribution in [0.3, 0.4) is 0 Å². The summed E-state index contributed by atoms with van der Waals surface area (Å²) in [7, 11) is 0. The molecule has 0 amide bonds. The van der Waals surface area contributed by atoms with Crippen LogP contribution in [0, 0.1) is 0 Å². The molecule has 3 rings (SSSR count). The number of carboxylic acids is 1. The van der Waals surface area contributed by atoms with Gasteiger partial charge in [-0.05, 0) is 29.8 Å². The van der Waals surface area contributed by atoms with Crippen LogP contribution in [-0.4, -0.2) is 31.5 Å². The quantitative estimate of drug-likeness (QED) is 0.717. The van der Waals surface area contributed by atoms with Gasteiger partial charge >= 0.3 is 5.97 Å². The second kappa shape index (κ2) is 5.82. The monoisotopic (exact) mass is 316 g/mol. The Balaban J connectivity index is 1.84. The van der Waals surface area contributed by atoms with Crippen LogP contribution in [0.2, 0.25) is 5.15 Å². The van der Waals surface area contributed by atoms with E-state index in [2.05, 4.69) is 20.4 Å². The summed E-state index contributed by atoms with van der Waals surface area (Å²) in [5.41, 5.74) is 1.45. The van der Waals surface area contributed by atoms with Crippen LogP contribution < -0.4 is 4.74 Å². The van der Waals surface area contributed by atoms with Crippen molar-refractivity contribution in [1.82, 2.24) is 20.4 Å². The zero-order chi connectivity index (χ0) is 15.5. The Labute approximate surface area is 129 Å². The van der Waals surface area contributed by atoms with Crippen molar-refractivity contribution in [2.75, 3.05) is 0 Å². The summed E-state index contributed by atoms with van der Waals surface area (Å²) < 4.78 is 5.40. The standard InChI is InChI=1S/C14H9ClN4O3/c15-12-10(2-1-7-16-12)8-3-5-9(6-4-8)22-13-11(14(20)21)17-19-18-13/h1-7H,(H,20,21)(H,17,18,19). The lowest BCUT2D eigenvalue weighted by Crippen LogP contribution is -1.99. The summed E-state index contributed by atoms with van der Waals surface area (Å²) in [6.45, 7) is 0. The van der Waals surface area contributed by atoms with Crippen molar-refractivity contribution in [1.29, 1.82) is 0 Å². The van der Waals surface area contributed by atoms with Crippen molar-refractivity contribution in [2.24, 2.45) is 0 Å². The fraction of sp³-hybridized carbons (Fsp3) is 0. The SMILES string of the molecule is O=C(O)c1[nH]nnc1Oc1ccc(-c2cccnc2Cl)cc1. The molecule has 22 heavy (non-hydrogen) atoms. The highest BCUT2D eigenvalue weighted by molar-refractivity contribution is 6.32. The number of hydrogen-bond donors (Lipinski definition) is 2. The summed E-state index contributed by atoms with van der Waals surface area (Å²) in [6.07, 6.45) is 1.61. The molecule has 2 aromatic heterocycles. The average Bonchev–Trinajstić information content (AvgIpc) is 2.97. The Kier molecular flexibility index (Phi) is 3.71. The highest BCUT2D eigenvalue weighted by Gasteiger charge is 2.16. The molecule has 2 N–H and O–H groups in total. The van der Waals surface area contributed by atoms with Gasteiger partial charge in [0, 0.05) is 11.8 Å². The predicted octanol–water partition coefficient (Wildman–Crippen LogP) is 3.01. The topological polar surface area (TPSA) is 101 Å². The van der Waals surface area contributed by atoms with Crippen LogP contribution in [0.25, 0.3) is 11.1 Å². The molecule has 0 unspecified atom stereocenters. The van der Waals surface area contributed by atoms with Gasteiger partial charge in [-0.1, -0.05) is 34.0 Å². The van der Waals surface area contributed by atoms with Crippen LogP contribution in [-0.2, 0) is 0 Å². The minimum atomic E-state index is -1.20. The summed E-state index contributed by atoms with van der Waals surface area (Å²) in [5.74, 6) is -0.862. The lowest BCUT2D eigenvalue weighted by atomic mass is 10.1. The second-order valence-electron chi connectivity index (χ2n) is 4.27. The van der Waals surface area contributed by atoms with E-state index in [0.717, 1.165) is 11.1 Å². The number of pyridine rings is 1. The molecule has 0 saturated carbocycles. The van der Waals surface area contributed by atoms with Gasteiger partial charge < -0.3 is 9.84 Å². The first-order valence-corrected chi connectivity index (χ1v) is 6.56. The molecule has 0 spiro atoms. The van der Waals surface area contributed by atoms with E-state index >= 15 is 0 Å². The van der Waals surface area contributed by atoms with Crippen molar-refractivity contribution in [3.05, 3.63) is 53.4 Å². The highest BCUT2D eigenvalue weighted by Crippen LogP contribution is 2.29. The molecule has 0 aliphatic heterocycles. The predicted molar refractivity (Wildman–Crippen MR) is 78.1 cm³/mol. The summed E-state index contributed by atoms with van der Waals surface area (Å²) in [4.78, 5) is 15.0. The van der Waals surface area contributed by atoms with E-state index in [1.165, 1.54) is 0 Å². The molecule has 0 aliphatic rings. The zero-order valence-corrected chi connectivity index (χ0v) is 11.8. The Hall–Kier alpha value is -2.93. The molecular weight excluding hydrogens is 308 g/mol. The number of carbonyl (C=O) groups is 1. The minimum absolute atomic E-state index is 0.0975. The van der Waals surface area contributed by atoms with Gasteiger partial charge in [0.15, 0.2) is 0 Å². The minimum Gasteiger partial charge on any atom is -0.476 e. The molecule has 2 heterocycles. The molecule has 3 aromatic rings. The van der Waals surface area contributed by atoms with Gasteiger partial charge in [0.05, 0.1) is 0 Å². The van der Waals surface area contributed by atoms with Gasteiger partial charge in [-0.25, -0.2) is 14.9 Å². The number of carboxylic acid groups (broad SMARTS) is 1. The number of benzene rings is 1. The number of nitrogens with zero attached hydrogens (tertiary/aromatic N) is 3. The van der Waals surface area contributed by atoms with Crippen molar-refractivity contribution in [3.63, 3.8) is 0 Å². The Morgan fingerprint density at radius 3 is 2.68 bits per heavy atom. The van der Waals surface area contributed by atoms with E-state index in [0.29, 0.717) is 10.9 Å². The lowest BCUT2D eigenvalue weighted by Gasteiger charge is -2.06. The molecule has 0 fully saturated rings. The third-order valence-electron chi connectivity index (χ3n) is 2.87. The number of aromatic amines is 1. The number of aromatic carboxylic acids is 1. The summed E-state index contributed by atoms with van der Waals surface area (Å²) in [5, 5.41) is 18.6. The third kappa shape index (κ3) is 2.75. The van der Waals surface area contributed by atoms with Crippen LogP contribution in [0.15, 0.2) is 42.6 Å². The fourth-order valence-corrected chi connectivity index (χ4v) is 2.07. The lowest BCUT2D eigenvalue weighted by molar-refractivity contribution is 0.0687. The largest absolute Gasteiger partial charge is 0.476 e. The Bertz CT molecular complexity index is 817. The second-order valence-corrected chi connectivity index (χ2v) is 4.62. The van der Waals surface area contributed by atoms with Crippen molar-refractivity contribution >= 4 is 17.6 Å². The van der Waals surface area contributed by atoms with Crippen molar-refractivity contribution in [2.45, 2.75) is 0 Å². The van der Waals surface area contributed by atoms with Crippen molar-refractivity contribution < 1.29 is 14.6 Å². The molecule has 0 saturated heterocycles. The normalized spacial score (nSPS) is 10.4. The molecule has 1 aromatic carbocycles. The summed E-state index contributed by atoms with van der Waals surface area (Å²) in [6, 6.07) is 10.6. The van der Waals surface area contributed by atoms with Crippen LogP contribution in [0.5, 0.6) is 11.6 Å². The fourth-order valence-electron chi connectivity index (χ4n) is 1.84. The molecule has 0 atom stereocenters. The number of ether oxygens (including phenoxy) is 1. The molecular formula is C14H9ClN4O3. The summed E-state index contributed by atoms with van der Waals surface area (Å²) >= 11 is 6.04. The van der Waals surface area contributed by atoms with E-state index < -0.39 is 5.97 Å². The van der Waals surface area contributed by atoms with Gasteiger partial charge in [0.2, 0.25) is 5.69 Å². The maximum Gasteiger partial charge on any atom is 0.359 e. The number of nitrogens with one attached hydrogen (secondary N) is 1. The molecule has 7 nitrogen and oxygen atoms in total. The first-order valence-electron chi connectivity index (χ1n) is 6.18. The first kappa shape index (κ1) is 14.0. The van der Waals surface area contributed by atoms with Crippen LogP contribution in [0.1, 0.15) is 10.5 Å². The van der Waals surface area contributed by atoms with Gasteiger partial charge in [0.1, 0.15) is 10.9 Å². The van der Waals surface area contributed by atoms with Gasteiger partial charge in [-0.3, -0.25) is 0 Å². The third-order valence-corrected chi connectivity index (χ3v) is 3.17. The van der Waals surface area contributed by atoms with E-state index in [-0.39, 0.29) is 11.6 Å². The van der Waals surface area contributed by atoms with Crippen molar-refractivity contribution in [3.8, 4) is 22.8 Å². The van der Waals surface area contributed by atoms with E-state index in [1.807, 2.05) is 6.07 Å². The maximum atomic E-state index is 10.9. The molecule has 8 heteroatoms. The van der Waals surface area contributed by atoms with E-state index in [9.17, 15) is 4.79 Å². The number of H-pyrrole nitrogens is 1. The Morgan fingerprint density at radius 1 is 1.23 bits per heavy atom. The molecule has 0 bridgehead atoms. The highest BCUT2D eigenvalue weighted by atomic mass is 35.5. The maximum absolute atomic E-state index is 10.9. The number of aromatic nitrogens is 4. The van der Waals surface area contributed by atoms with Gasteiger partial charge in [-0.15, -0.1) is 0 Å². The molecule has 0 aliphatic carbocycles. The van der Waals surface area contributed by atoms with E-state index in [4.69, 9.17) is 21.4 Å². The van der Waals surface area contributed by atoms with E-state index in [1.54, 1.807) is 36.5 Å². The molecule has 110 valence electrons. The Morgan fingerprint density at radius 2 is 2.00 bits per heavy atom. The van der Waals surface area contributed by atoms with Gasteiger partial charge in [0.25, 0.3) is 5.88 Å². The number of hydrogen-bond acceptors (Lipinski definition) is 5. The number of halogens is 1. The molecule has 0 radical (unpaired) electrons. The van der Waals surface area contributed by atoms with Crippen LogP contribution in [0.4, 0.5) is 0 Å². The average molecular weight is 317 g/mol. The smallest absolute Gasteiger partial charge is 0.359 e. The number of rotatable bonds is 4. The first-order chi connectivity index (χ1) is 10.6. The zero-order valence-electron chi connectivity index (χ0n) is 11.0. The van der Waals surface area contributed by atoms with Crippen LogP contribution >= 0.6 is 11.6 Å². The van der Waals surface area contributed by atoms with Gasteiger partial charge in [-0.2, -0.15) is 0 Å².